The van der Waals surface area contributed by atoms with Crippen LogP contribution in [0.15, 0.2) is 273 Å². The molecule has 0 amide bonds. The maximum atomic E-state index is 2.34. The van der Waals surface area contributed by atoms with E-state index in [-0.39, 0.29) is 0 Å². The molecule has 0 N–H and O–H groups in total. The van der Waals surface area contributed by atoms with Gasteiger partial charge >= 0.3 is 0 Å². The normalized spacial score (nSPS) is 21.7. The van der Waals surface area contributed by atoms with Gasteiger partial charge in [0.15, 0.2) is 0 Å². The fraction of sp³-hybridized carbons (Fsp3) is 0.259. The molecule has 10 aromatic carbocycles. The maximum absolute atomic E-state index is 2.34. The van der Waals surface area contributed by atoms with E-state index >= 15 is 0 Å². The Bertz CT molecular complexity index is 3320. The smallest absolute Gasteiger partial charge is 0.00467 e. The molecule has 0 heteroatoms. The third-order valence-corrected chi connectivity index (χ3v) is 19.3. The number of hydrogen-bond donors (Lipinski definition) is 0. The summed E-state index contributed by atoms with van der Waals surface area (Å²) < 4.78 is 0. The van der Waals surface area contributed by atoms with Crippen molar-refractivity contribution in [1.82, 2.24) is 0 Å². The molecule has 404 valence electrons. The third kappa shape index (κ3) is 13.0. The molecular formula is C81H80. The first-order chi connectivity index (χ1) is 40.1. The Kier molecular flexibility index (Phi) is 17.4. The highest BCUT2D eigenvalue weighted by Crippen LogP contribution is 2.58. The average Bonchev–Trinajstić information content (AvgIpc) is 4.52. The molecule has 0 spiro atoms. The van der Waals surface area contributed by atoms with E-state index in [1.807, 2.05) is 0 Å². The van der Waals surface area contributed by atoms with E-state index in [1.54, 1.807) is 44.1 Å². The highest BCUT2D eigenvalue weighted by molar-refractivity contribution is 5.98. The summed E-state index contributed by atoms with van der Waals surface area (Å²) in [5.74, 6) is 5.87. The van der Waals surface area contributed by atoms with Crippen molar-refractivity contribution in [2.75, 3.05) is 0 Å². The Hall–Kier alpha value is -7.80. The van der Waals surface area contributed by atoms with Gasteiger partial charge in [0.05, 0.1) is 0 Å². The van der Waals surface area contributed by atoms with Gasteiger partial charge in [-0.15, -0.1) is 0 Å². The monoisotopic (exact) mass is 1050 g/mol. The van der Waals surface area contributed by atoms with Crippen molar-refractivity contribution in [3.8, 4) is 44.5 Å². The van der Waals surface area contributed by atoms with Gasteiger partial charge in [0.2, 0.25) is 0 Å². The predicted molar refractivity (Wildman–Crippen MR) is 347 cm³/mol. The first kappa shape index (κ1) is 53.8. The summed E-state index contributed by atoms with van der Waals surface area (Å²) in [5, 5.41) is 5.25. The van der Waals surface area contributed by atoms with E-state index in [2.05, 4.69) is 273 Å². The Labute approximate surface area is 484 Å². The zero-order chi connectivity index (χ0) is 54.5. The van der Waals surface area contributed by atoms with E-state index in [4.69, 9.17) is 0 Å². The van der Waals surface area contributed by atoms with Crippen LogP contribution in [0.4, 0.5) is 0 Å². The van der Waals surface area contributed by atoms with E-state index < -0.39 is 0 Å². The first-order valence-electron chi connectivity index (χ1n) is 30.8. The number of benzene rings is 10. The fourth-order valence-corrected chi connectivity index (χ4v) is 15.1. The molecule has 4 unspecified atom stereocenters. The van der Waals surface area contributed by atoms with Gasteiger partial charge in [0.25, 0.3) is 0 Å². The number of aryl methyl sites for hydroxylation is 2. The first-order valence-corrected chi connectivity index (χ1v) is 30.8. The Balaban J connectivity index is 0.000000101. The standard InChI is InChI=1S/C24H18.C14H12.C14H10.C14H18.C10H16.C5H6/c1-4-10-19(11-5-1)22-16-23(20-12-6-2-7-13-20)18-24(17-22)21-14-8-3-9-15-21;1-3-7-13-11(5-1)9-10-12-6-2-4-8-14(12)13;1-2-6-12-10-14-8-4-3-7-13(14)9-11(12)5-1;1-2-4-13(5-3-1)14-9-6-12(7-10-14)8-11-14;1-2-9-7-4-5-8(6-7)10(9)3-1;1-2-4-5-3-1/h1-18H;1-8H,9-10H2;1-10H;1-5,12H,6-11H2;7-10H,1-6H2;1-4H,5H2. The molecule has 6 saturated carbocycles. The van der Waals surface area contributed by atoms with Crippen LogP contribution < -0.4 is 0 Å². The number of allylic oxidation sites excluding steroid dienone is 4. The summed E-state index contributed by atoms with van der Waals surface area (Å²) in [5.41, 5.74) is 15.5. The lowest BCUT2D eigenvalue weighted by atomic mass is 9.58. The minimum absolute atomic E-state index is 0.579. The van der Waals surface area contributed by atoms with Crippen LogP contribution in [0.1, 0.15) is 100 Å². The molecule has 0 heterocycles. The lowest BCUT2D eigenvalue weighted by molar-refractivity contribution is 0.136. The van der Waals surface area contributed by atoms with E-state index in [9.17, 15) is 0 Å². The van der Waals surface area contributed by atoms with Gasteiger partial charge in [0.1, 0.15) is 0 Å². The molecule has 6 fully saturated rings. The molecule has 0 aliphatic heterocycles. The van der Waals surface area contributed by atoms with Gasteiger partial charge in [-0.3, -0.25) is 0 Å². The van der Waals surface area contributed by atoms with Crippen molar-refractivity contribution < 1.29 is 0 Å². The van der Waals surface area contributed by atoms with Gasteiger partial charge in [-0.2, -0.15) is 0 Å². The molecule has 10 aromatic rings. The van der Waals surface area contributed by atoms with Crippen LogP contribution in [0.25, 0.3) is 66.1 Å². The molecule has 18 rings (SSSR count). The molecular weight excluding hydrogens is 973 g/mol. The molecule has 8 aliphatic rings. The predicted octanol–water partition coefficient (Wildman–Crippen LogP) is 22.4. The summed E-state index contributed by atoms with van der Waals surface area (Å²) in [7, 11) is 0. The molecule has 4 atom stereocenters. The quantitative estimate of drug-likeness (QED) is 0.154. The van der Waals surface area contributed by atoms with Crippen molar-refractivity contribution in [2.45, 2.75) is 102 Å². The molecule has 81 heavy (non-hydrogen) atoms. The summed E-state index contributed by atoms with van der Waals surface area (Å²) in [4.78, 5) is 0. The van der Waals surface area contributed by atoms with Gasteiger partial charge < -0.3 is 0 Å². The largest absolute Gasteiger partial charge is 0.0808 e. The lowest BCUT2D eigenvalue weighted by Gasteiger charge is -2.47. The van der Waals surface area contributed by atoms with Gasteiger partial charge in [-0.05, 0) is 238 Å². The number of hydrogen-bond acceptors (Lipinski definition) is 0. The average molecular weight is 1050 g/mol. The minimum atomic E-state index is 0.579. The van der Waals surface area contributed by atoms with Crippen molar-refractivity contribution in [3.05, 3.63) is 290 Å². The van der Waals surface area contributed by atoms with Crippen LogP contribution in [0.2, 0.25) is 0 Å². The Morgan fingerprint density at radius 1 is 0.309 bits per heavy atom. The van der Waals surface area contributed by atoms with E-state index in [0.29, 0.717) is 5.41 Å². The van der Waals surface area contributed by atoms with Gasteiger partial charge in [-0.1, -0.05) is 249 Å². The Morgan fingerprint density at radius 3 is 1.05 bits per heavy atom. The second kappa shape index (κ2) is 26.2. The summed E-state index contributed by atoms with van der Waals surface area (Å²) >= 11 is 0. The topological polar surface area (TPSA) is 0 Å². The van der Waals surface area contributed by atoms with Crippen LogP contribution in [-0.4, -0.2) is 0 Å². The highest BCUT2D eigenvalue weighted by Gasteiger charge is 2.49. The highest BCUT2D eigenvalue weighted by atomic mass is 14.5. The Morgan fingerprint density at radius 2 is 0.667 bits per heavy atom. The molecule has 8 aliphatic carbocycles. The maximum Gasteiger partial charge on any atom is -0.00467 e. The van der Waals surface area contributed by atoms with Crippen LogP contribution in [0.3, 0.4) is 0 Å². The van der Waals surface area contributed by atoms with Crippen molar-refractivity contribution in [1.29, 1.82) is 0 Å². The summed E-state index contributed by atoms with van der Waals surface area (Å²) in [6.45, 7) is 0. The summed E-state index contributed by atoms with van der Waals surface area (Å²) in [6.07, 6.45) is 30.2. The number of fused-ring (bicyclic) bond motifs is 13. The van der Waals surface area contributed by atoms with Crippen molar-refractivity contribution in [2.24, 2.45) is 29.6 Å². The number of rotatable bonds is 4. The van der Waals surface area contributed by atoms with Gasteiger partial charge in [0, 0.05) is 0 Å². The van der Waals surface area contributed by atoms with Crippen LogP contribution >= 0.6 is 0 Å². The SMILES string of the molecule is C1=CCC=C1.C1CC2C3CCC(C3)C2C1.c1ccc(-c2cc(-c3ccccc3)cc(-c3ccccc3)c2)cc1.c1ccc(C23CCC(CC2)CC3)cc1.c1ccc2c(c1)CCc1ccccc1-2.c1ccc2cc3ccccc3cc2c1. The lowest BCUT2D eigenvalue weighted by Crippen LogP contribution is -2.37. The van der Waals surface area contributed by atoms with Crippen LogP contribution in [-0.2, 0) is 18.3 Å². The van der Waals surface area contributed by atoms with Crippen molar-refractivity contribution >= 4 is 21.5 Å². The minimum Gasteiger partial charge on any atom is -0.0808 e. The second-order valence-corrected chi connectivity index (χ2v) is 24.1. The van der Waals surface area contributed by atoms with Crippen LogP contribution in [0.5, 0.6) is 0 Å². The molecule has 0 radical (unpaired) electrons. The molecule has 0 saturated heterocycles. The zero-order valence-electron chi connectivity index (χ0n) is 47.5. The molecule has 0 nitrogen and oxygen atoms in total. The van der Waals surface area contributed by atoms with Gasteiger partial charge in [-0.25, -0.2) is 0 Å². The fourth-order valence-electron chi connectivity index (χ4n) is 15.1. The molecule has 0 aromatic heterocycles. The zero-order valence-corrected chi connectivity index (χ0v) is 47.5. The van der Waals surface area contributed by atoms with E-state index in [0.717, 1.165) is 12.3 Å². The second-order valence-electron chi connectivity index (χ2n) is 24.1. The van der Waals surface area contributed by atoms with E-state index in [1.165, 1.54) is 152 Å². The van der Waals surface area contributed by atoms with Crippen molar-refractivity contribution in [3.63, 3.8) is 0 Å². The van der Waals surface area contributed by atoms with Crippen LogP contribution in [0, 0.1) is 29.6 Å². The molecule has 4 bridgehead atoms. The summed E-state index contributed by atoms with van der Waals surface area (Å²) in [6, 6.07) is 88.6. The third-order valence-electron chi connectivity index (χ3n) is 19.3.